The van der Waals surface area contributed by atoms with Crippen LogP contribution in [-0.4, -0.2) is 49.3 Å². The highest BCUT2D eigenvalue weighted by Crippen LogP contribution is 2.30. The normalized spacial score (nSPS) is 14.2. The molecule has 0 unspecified atom stereocenters. The van der Waals surface area contributed by atoms with Crippen LogP contribution in [0.4, 0.5) is 10.7 Å². The van der Waals surface area contributed by atoms with Gasteiger partial charge in [-0.3, -0.25) is 0 Å². The molecule has 8 heteroatoms. The third kappa shape index (κ3) is 4.72. The summed E-state index contributed by atoms with van der Waals surface area (Å²) in [5.74, 6) is -0.344. The van der Waals surface area contributed by atoms with E-state index in [0.29, 0.717) is 10.7 Å². The first-order valence-corrected chi connectivity index (χ1v) is 10.4. The molecule has 27 heavy (non-hydrogen) atoms. The zero-order valence-corrected chi connectivity index (χ0v) is 17.7. The molecule has 0 radical (unpaired) electrons. The highest BCUT2D eigenvalue weighted by Gasteiger charge is 2.22. The molecule has 1 fully saturated rings. The Balaban J connectivity index is 1.62. The minimum absolute atomic E-state index is 0.344. The average Bonchev–Trinajstić information content (AvgIpc) is 3.11. The van der Waals surface area contributed by atoms with Crippen molar-refractivity contribution in [2.75, 3.05) is 43.5 Å². The average molecular weight is 424 g/mol. The van der Waals surface area contributed by atoms with Crippen LogP contribution in [0.1, 0.15) is 22.2 Å². The van der Waals surface area contributed by atoms with Gasteiger partial charge in [-0.2, -0.15) is 0 Å². The van der Waals surface area contributed by atoms with Gasteiger partial charge in [0, 0.05) is 41.8 Å². The molecule has 0 amide bonds. The van der Waals surface area contributed by atoms with E-state index in [0.717, 1.165) is 53.2 Å². The monoisotopic (exact) mass is 423 g/mol. The van der Waals surface area contributed by atoms with Crippen molar-refractivity contribution >= 4 is 56.9 Å². The largest absolute Gasteiger partial charge is 0.465 e. The van der Waals surface area contributed by atoms with E-state index in [1.54, 1.807) is 11.3 Å². The number of thiophene rings is 1. The molecule has 1 aliphatic rings. The molecular weight excluding hydrogens is 402 g/mol. The Morgan fingerprint density at radius 2 is 1.93 bits per heavy atom. The van der Waals surface area contributed by atoms with Gasteiger partial charge in [0.2, 0.25) is 0 Å². The van der Waals surface area contributed by atoms with Gasteiger partial charge in [-0.05, 0) is 49.0 Å². The summed E-state index contributed by atoms with van der Waals surface area (Å²) in [5.41, 5.74) is 1.71. The quantitative estimate of drug-likeness (QED) is 0.585. The number of anilines is 2. The summed E-state index contributed by atoms with van der Waals surface area (Å²) in [6.45, 7) is 5.43. The molecule has 0 bridgehead atoms. The number of benzene rings is 1. The van der Waals surface area contributed by atoms with Gasteiger partial charge in [0.1, 0.15) is 5.00 Å². The number of hydrogen-bond donors (Lipinski definition) is 1. The van der Waals surface area contributed by atoms with Gasteiger partial charge in [-0.25, -0.2) is 4.79 Å². The fraction of sp³-hybridized carbons (Fsp3) is 0.368. The molecule has 1 N–H and O–H groups in total. The van der Waals surface area contributed by atoms with E-state index in [1.165, 1.54) is 7.11 Å². The number of nitrogens with zero attached hydrogens (tertiary/aromatic N) is 2. The summed E-state index contributed by atoms with van der Waals surface area (Å²) in [6.07, 6.45) is 0.864. The number of carbonyl (C=O) groups excluding carboxylic acids is 1. The lowest BCUT2D eigenvalue weighted by atomic mass is 10.2. The number of rotatable bonds is 4. The standard InChI is InChI=1S/C19H22ClN3O2S2/c1-3-15-12-16(18(24)25-2)17(27-15)21-19(26)23-10-8-22(9-11-23)14-6-4-13(20)5-7-14/h4-7,12H,3,8-11H2,1-2H3,(H,21,26). The van der Waals surface area contributed by atoms with E-state index >= 15 is 0 Å². The van der Waals surface area contributed by atoms with Crippen molar-refractivity contribution in [1.82, 2.24) is 4.90 Å². The molecule has 1 aliphatic heterocycles. The number of piperazine rings is 1. The lowest BCUT2D eigenvalue weighted by Crippen LogP contribution is -2.50. The molecule has 0 saturated carbocycles. The number of carbonyl (C=O) groups is 1. The molecule has 0 spiro atoms. The predicted octanol–water partition coefficient (Wildman–Crippen LogP) is 4.27. The summed E-state index contributed by atoms with van der Waals surface area (Å²) in [7, 11) is 1.39. The Kier molecular flexibility index (Phi) is 6.57. The van der Waals surface area contributed by atoms with E-state index in [2.05, 4.69) is 22.0 Å². The van der Waals surface area contributed by atoms with Crippen LogP contribution >= 0.6 is 35.2 Å². The van der Waals surface area contributed by atoms with Crippen LogP contribution in [-0.2, 0) is 11.2 Å². The third-order valence-corrected chi connectivity index (χ3v) is 6.32. The van der Waals surface area contributed by atoms with Crippen LogP contribution in [0.5, 0.6) is 0 Å². The van der Waals surface area contributed by atoms with Crippen LogP contribution in [0.25, 0.3) is 0 Å². The minimum Gasteiger partial charge on any atom is -0.465 e. The number of nitrogens with one attached hydrogen (secondary N) is 1. The van der Waals surface area contributed by atoms with Gasteiger partial charge in [0.15, 0.2) is 5.11 Å². The smallest absolute Gasteiger partial charge is 0.340 e. The Labute approximate surface area is 173 Å². The second-order valence-corrected chi connectivity index (χ2v) is 8.14. The zero-order valence-electron chi connectivity index (χ0n) is 15.3. The first kappa shape index (κ1) is 19.9. The number of ether oxygens (including phenoxy) is 1. The van der Waals surface area contributed by atoms with Gasteiger partial charge >= 0.3 is 5.97 Å². The van der Waals surface area contributed by atoms with E-state index in [4.69, 9.17) is 28.6 Å². The van der Waals surface area contributed by atoms with E-state index in [1.807, 2.05) is 30.3 Å². The molecule has 1 aromatic heterocycles. The van der Waals surface area contributed by atoms with Crippen molar-refractivity contribution in [3.8, 4) is 0 Å². The summed E-state index contributed by atoms with van der Waals surface area (Å²) in [5, 5.41) is 5.39. The van der Waals surface area contributed by atoms with Crippen LogP contribution in [0.2, 0.25) is 5.02 Å². The molecule has 144 valence electrons. The zero-order chi connectivity index (χ0) is 19.4. The molecular formula is C19H22ClN3O2S2. The van der Waals surface area contributed by atoms with E-state index in [-0.39, 0.29) is 5.97 Å². The van der Waals surface area contributed by atoms with Gasteiger partial charge in [-0.15, -0.1) is 11.3 Å². The molecule has 3 rings (SSSR count). The third-order valence-electron chi connectivity index (χ3n) is 4.52. The Morgan fingerprint density at radius 1 is 1.26 bits per heavy atom. The molecule has 1 saturated heterocycles. The van der Waals surface area contributed by atoms with E-state index < -0.39 is 0 Å². The second-order valence-electron chi connectivity index (χ2n) is 6.18. The summed E-state index contributed by atoms with van der Waals surface area (Å²) in [4.78, 5) is 17.6. The SMILES string of the molecule is CCc1cc(C(=O)OC)c(NC(=S)N2CCN(c3ccc(Cl)cc3)CC2)s1. The maximum Gasteiger partial charge on any atom is 0.340 e. The molecule has 1 aromatic carbocycles. The number of aryl methyl sites for hydroxylation is 1. The Bertz CT molecular complexity index is 815. The van der Waals surface area contributed by atoms with Crippen LogP contribution in [0.3, 0.4) is 0 Å². The van der Waals surface area contributed by atoms with Crippen molar-refractivity contribution in [1.29, 1.82) is 0 Å². The number of halogens is 1. The first-order valence-electron chi connectivity index (χ1n) is 8.79. The maximum atomic E-state index is 12.0. The lowest BCUT2D eigenvalue weighted by molar-refractivity contribution is 0.0602. The van der Waals surface area contributed by atoms with Gasteiger partial charge in [-0.1, -0.05) is 18.5 Å². The number of hydrogen-bond acceptors (Lipinski definition) is 5. The summed E-state index contributed by atoms with van der Waals surface area (Å²) < 4.78 is 4.89. The lowest BCUT2D eigenvalue weighted by Gasteiger charge is -2.37. The van der Waals surface area contributed by atoms with Crippen molar-refractivity contribution in [3.63, 3.8) is 0 Å². The van der Waals surface area contributed by atoms with Crippen molar-refractivity contribution in [3.05, 3.63) is 45.8 Å². The van der Waals surface area contributed by atoms with Gasteiger partial charge in [0.25, 0.3) is 0 Å². The first-order chi connectivity index (χ1) is 13.0. The summed E-state index contributed by atoms with van der Waals surface area (Å²) >= 11 is 13.1. The predicted molar refractivity (Wildman–Crippen MR) is 116 cm³/mol. The number of methoxy groups -OCH3 is 1. The highest BCUT2D eigenvalue weighted by atomic mass is 35.5. The van der Waals surface area contributed by atoms with Crippen molar-refractivity contribution < 1.29 is 9.53 Å². The minimum atomic E-state index is -0.344. The van der Waals surface area contributed by atoms with Crippen LogP contribution in [0.15, 0.2) is 30.3 Å². The molecule has 5 nitrogen and oxygen atoms in total. The van der Waals surface area contributed by atoms with Crippen molar-refractivity contribution in [2.45, 2.75) is 13.3 Å². The number of thiocarbonyl (C=S) groups is 1. The van der Waals surface area contributed by atoms with Gasteiger partial charge < -0.3 is 19.9 Å². The van der Waals surface area contributed by atoms with E-state index in [9.17, 15) is 4.79 Å². The summed E-state index contributed by atoms with van der Waals surface area (Å²) in [6, 6.07) is 9.77. The maximum absolute atomic E-state index is 12.0. The Hall–Kier alpha value is -1.83. The second kappa shape index (κ2) is 8.91. The molecule has 2 aromatic rings. The Morgan fingerprint density at radius 3 is 2.52 bits per heavy atom. The van der Waals surface area contributed by atoms with Crippen LogP contribution < -0.4 is 10.2 Å². The van der Waals surface area contributed by atoms with Crippen LogP contribution in [0, 0.1) is 0 Å². The molecule has 0 atom stereocenters. The fourth-order valence-corrected chi connectivity index (χ4v) is 4.43. The highest BCUT2D eigenvalue weighted by molar-refractivity contribution is 7.80. The molecule has 2 heterocycles. The van der Waals surface area contributed by atoms with Crippen molar-refractivity contribution in [2.24, 2.45) is 0 Å². The van der Waals surface area contributed by atoms with Gasteiger partial charge in [0.05, 0.1) is 12.7 Å². The fourth-order valence-electron chi connectivity index (χ4n) is 2.97. The molecule has 0 aliphatic carbocycles. The number of esters is 1. The topological polar surface area (TPSA) is 44.8 Å².